The van der Waals surface area contributed by atoms with Gasteiger partial charge in [-0.05, 0) is 26.0 Å². The highest BCUT2D eigenvalue weighted by Gasteiger charge is 2.06. The zero-order valence-electron chi connectivity index (χ0n) is 12.9. The summed E-state index contributed by atoms with van der Waals surface area (Å²) in [5.41, 5.74) is 2.32. The molecule has 0 radical (unpaired) electrons. The standard InChI is InChI=1S/C18H23NO2/c1-14(2)21-18-11-7-5-9-16(18)13-19-12-15-8-4-6-10-17(15)20-3/h4-11,14,19H,12-13H2,1-3H3. The average Bonchev–Trinajstić information content (AvgIpc) is 2.49. The fourth-order valence-electron chi connectivity index (χ4n) is 2.20. The largest absolute Gasteiger partial charge is 0.496 e. The van der Waals surface area contributed by atoms with Gasteiger partial charge in [-0.25, -0.2) is 0 Å². The van der Waals surface area contributed by atoms with Gasteiger partial charge >= 0.3 is 0 Å². The van der Waals surface area contributed by atoms with E-state index < -0.39 is 0 Å². The maximum atomic E-state index is 5.83. The molecule has 0 aliphatic heterocycles. The van der Waals surface area contributed by atoms with E-state index in [1.807, 2.05) is 50.2 Å². The van der Waals surface area contributed by atoms with E-state index >= 15 is 0 Å². The van der Waals surface area contributed by atoms with Gasteiger partial charge in [0.2, 0.25) is 0 Å². The third-order valence-corrected chi connectivity index (χ3v) is 3.16. The Morgan fingerprint density at radius 3 is 1.95 bits per heavy atom. The molecule has 1 N–H and O–H groups in total. The van der Waals surface area contributed by atoms with Crippen molar-refractivity contribution in [2.24, 2.45) is 0 Å². The molecule has 0 aromatic heterocycles. The third kappa shape index (κ3) is 4.50. The predicted molar refractivity (Wildman–Crippen MR) is 85.7 cm³/mol. The van der Waals surface area contributed by atoms with E-state index in [1.54, 1.807) is 7.11 Å². The molecule has 0 saturated carbocycles. The number of rotatable bonds is 7. The van der Waals surface area contributed by atoms with E-state index in [-0.39, 0.29) is 6.10 Å². The molecule has 0 bridgehead atoms. The monoisotopic (exact) mass is 285 g/mol. The van der Waals surface area contributed by atoms with Crippen molar-refractivity contribution in [3.8, 4) is 11.5 Å². The summed E-state index contributed by atoms with van der Waals surface area (Å²) in [6, 6.07) is 16.2. The lowest BCUT2D eigenvalue weighted by molar-refractivity contribution is 0.239. The fourth-order valence-corrected chi connectivity index (χ4v) is 2.20. The second kappa shape index (κ2) is 7.70. The van der Waals surface area contributed by atoms with Gasteiger partial charge in [-0.2, -0.15) is 0 Å². The van der Waals surface area contributed by atoms with E-state index in [0.717, 1.165) is 30.2 Å². The summed E-state index contributed by atoms with van der Waals surface area (Å²) < 4.78 is 11.2. The second-order valence-electron chi connectivity index (χ2n) is 5.19. The molecule has 0 amide bonds. The summed E-state index contributed by atoms with van der Waals surface area (Å²) >= 11 is 0. The van der Waals surface area contributed by atoms with Gasteiger partial charge < -0.3 is 14.8 Å². The molecule has 0 saturated heterocycles. The Morgan fingerprint density at radius 1 is 0.857 bits per heavy atom. The molecule has 21 heavy (non-hydrogen) atoms. The molecule has 3 nitrogen and oxygen atoms in total. The van der Waals surface area contributed by atoms with E-state index in [1.165, 1.54) is 5.56 Å². The molecule has 2 aromatic carbocycles. The van der Waals surface area contributed by atoms with Crippen molar-refractivity contribution >= 4 is 0 Å². The van der Waals surface area contributed by atoms with Crippen LogP contribution in [-0.2, 0) is 13.1 Å². The number of methoxy groups -OCH3 is 1. The Hall–Kier alpha value is -2.00. The zero-order chi connectivity index (χ0) is 15.1. The first-order valence-corrected chi connectivity index (χ1v) is 7.28. The molecule has 0 spiro atoms. The molecular weight excluding hydrogens is 262 g/mol. The van der Waals surface area contributed by atoms with Gasteiger partial charge in [-0.15, -0.1) is 0 Å². The average molecular weight is 285 g/mol. The van der Waals surface area contributed by atoms with Gasteiger partial charge in [0.05, 0.1) is 13.2 Å². The fraction of sp³-hybridized carbons (Fsp3) is 0.333. The molecule has 0 fully saturated rings. The topological polar surface area (TPSA) is 30.5 Å². The molecule has 112 valence electrons. The lowest BCUT2D eigenvalue weighted by Gasteiger charge is -2.15. The lowest BCUT2D eigenvalue weighted by atomic mass is 10.1. The normalized spacial score (nSPS) is 10.7. The highest BCUT2D eigenvalue weighted by atomic mass is 16.5. The van der Waals surface area contributed by atoms with Gasteiger partial charge in [0, 0.05) is 24.2 Å². The third-order valence-electron chi connectivity index (χ3n) is 3.16. The predicted octanol–water partition coefficient (Wildman–Crippen LogP) is 3.77. The van der Waals surface area contributed by atoms with Crippen molar-refractivity contribution in [1.82, 2.24) is 5.32 Å². The van der Waals surface area contributed by atoms with Gasteiger partial charge in [-0.3, -0.25) is 0 Å². The van der Waals surface area contributed by atoms with Crippen LogP contribution >= 0.6 is 0 Å². The quantitative estimate of drug-likeness (QED) is 0.840. The van der Waals surface area contributed by atoms with Crippen molar-refractivity contribution in [2.75, 3.05) is 7.11 Å². The number of hydrogen-bond donors (Lipinski definition) is 1. The minimum absolute atomic E-state index is 0.181. The Labute approximate surface area is 126 Å². The van der Waals surface area contributed by atoms with Crippen LogP contribution in [0.3, 0.4) is 0 Å². The Morgan fingerprint density at radius 2 is 1.38 bits per heavy atom. The molecule has 0 aliphatic carbocycles. The van der Waals surface area contributed by atoms with Crippen LogP contribution in [0.5, 0.6) is 11.5 Å². The molecule has 2 rings (SSSR count). The molecular formula is C18H23NO2. The summed E-state index contributed by atoms with van der Waals surface area (Å²) in [4.78, 5) is 0. The van der Waals surface area contributed by atoms with Crippen molar-refractivity contribution in [3.63, 3.8) is 0 Å². The highest BCUT2D eigenvalue weighted by Crippen LogP contribution is 2.20. The van der Waals surface area contributed by atoms with Crippen LogP contribution in [0.2, 0.25) is 0 Å². The molecule has 0 atom stereocenters. The van der Waals surface area contributed by atoms with Crippen LogP contribution in [0.4, 0.5) is 0 Å². The van der Waals surface area contributed by atoms with Gasteiger partial charge in [0.25, 0.3) is 0 Å². The molecule has 2 aromatic rings. The number of para-hydroxylation sites is 2. The minimum Gasteiger partial charge on any atom is -0.496 e. The summed E-state index contributed by atoms with van der Waals surface area (Å²) in [6.07, 6.45) is 0.181. The SMILES string of the molecule is COc1ccccc1CNCc1ccccc1OC(C)C. The minimum atomic E-state index is 0.181. The van der Waals surface area contributed by atoms with E-state index in [0.29, 0.717) is 0 Å². The first-order chi connectivity index (χ1) is 10.2. The van der Waals surface area contributed by atoms with E-state index in [9.17, 15) is 0 Å². The number of ether oxygens (including phenoxy) is 2. The number of hydrogen-bond acceptors (Lipinski definition) is 3. The highest BCUT2D eigenvalue weighted by molar-refractivity contribution is 5.35. The second-order valence-corrected chi connectivity index (χ2v) is 5.19. The van der Waals surface area contributed by atoms with Gasteiger partial charge in [0.1, 0.15) is 11.5 Å². The molecule has 0 aliphatic rings. The summed E-state index contributed by atoms with van der Waals surface area (Å²) in [7, 11) is 1.70. The Balaban J connectivity index is 1.97. The van der Waals surface area contributed by atoms with Crippen molar-refractivity contribution in [1.29, 1.82) is 0 Å². The van der Waals surface area contributed by atoms with Crippen molar-refractivity contribution in [2.45, 2.75) is 33.0 Å². The van der Waals surface area contributed by atoms with Crippen LogP contribution in [0, 0.1) is 0 Å². The molecule has 0 heterocycles. The first-order valence-electron chi connectivity index (χ1n) is 7.28. The molecule has 0 unspecified atom stereocenters. The lowest BCUT2D eigenvalue weighted by Crippen LogP contribution is -2.15. The van der Waals surface area contributed by atoms with E-state index in [2.05, 4.69) is 17.4 Å². The maximum Gasteiger partial charge on any atom is 0.124 e. The van der Waals surface area contributed by atoms with Crippen LogP contribution in [0.25, 0.3) is 0 Å². The van der Waals surface area contributed by atoms with Gasteiger partial charge in [0.15, 0.2) is 0 Å². The maximum absolute atomic E-state index is 5.83. The van der Waals surface area contributed by atoms with Crippen molar-refractivity contribution in [3.05, 3.63) is 59.7 Å². The number of nitrogens with one attached hydrogen (secondary N) is 1. The molecule has 3 heteroatoms. The van der Waals surface area contributed by atoms with E-state index in [4.69, 9.17) is 9.47 Å². The first kappa shape index (κ1) is 15.4. The summed E-state index contributed by atoms with van der Waals surface area (Å²) in [5, 5.41) is 3.45. The summed E-state index contributed by atoms with van der Waals surface area (Å²) in [6.45, 7) is 5.61. The number of benzene rings is 2. The van der Waals surface area contributed by atoms with Crippen molar-refractivity contribution < 1.29 is 9.47 Å². The zero-order valence-corrected chi connectivity index (χ0v) is 12.9. The van der Waals surface area contributed by atoms with Crippen LogP contribution in [0.15, 0.2) is 48.5 Å². The van der Waals surface area contributed by atoms with Crippen LogP contribution in [-0.4, -0.2) is 13.2 Å². The van der Waals surface area contributed by atoms with Crippen LogP contribution in [0.1, 0.15) is 25.0 Å². The smallest absolute Gasteiger partial charge is 0.124 e. The summed E-state index contributed by atoms with van der Waals surface area (Å²) in [5.74, 6) is 1.86. The van der Waals surface area contributed by atoms with Crippen LogP contribution < -0.4 is 14.8 Å². The van der Waals surface area contributed by atoms with Gasteiger partial charge in [-0.1, -0.05) is 36.4 Å². The Bertz CT molecular complexity index is 567. The Kier molecular flexibility index (Phi) is 5.64.